The Morgan fingerprint density at radius 2 is 1.96 bits per heavy atom. The van der Waals surface area contributed by atoms with Gasteiger partial charge in [-0.3, -0.25) is 9.59 Å². The molecule has 1 aromatic rings. The van der Waals surface area contributed by atoms with Crippen LogP contribution in [0, 0.1) is 0 Å². The van der Waals surface area contributed by atoms with E-state index in [1.165, 1.54) is 0 Å². The van der Waals surface area contributed by atoms with E-state index in [0.717, 1.165) is 31.5 Å². The molecule has 1 aliphatic rings. The zero-order valence-electron chi connectivity index (χ0n) is 17.1. The highest BCUT2D eigenvalue weighted by Crippen LogP contribution is 2.11. The molecule has 28 heavy (non-hydrogen) atoms. The lowest BCUT2D eigenvalue weighted by atomic mass is 10.1. The van der Waals surface area contributed by atoms with E-state index in [9.17, 15) is 9.59 Å². The van der Waals surface area contributed by atoms with E-state index in [0.29, 0.717) is 25.9 Å². The molecule has 1 N–H and O–H groups in total. The molecular weight excluding hydrogens is 350 g/mol. The summed E-state index contributed by atoms with van der Waals surface area (Å²) >= 11 is 0. The Kier molecular flexibility index (Phi) is 9.32. The maximum Gasteiger partial charge on any atom is 0.243 e. The van der Waals surface area contributed by atoms with Crippen LogP contribution < -0.4 is 5.32 Å². The summed E-state index contributed by atoms with van der Waals surface area (Å²) in [6.07, 6.45) is 10.9. The lowest BCUT2D eigenvalue weighted by Gasteiger charge is -2.30. The van der Waals surface area contributed by atoms with Crippen molar-refractivity contribution in [2.45, 2.75) is 52.1 Å². The summed E-state index contributed by atoms with van der Waals surface area (Å²) < 4.78 is 0. The molecule has 5 nitrogen and oxygen atoms in total. The van der Waals surface area contributed by atoms with Gasteiger partial charge in [-0.15, -0.1) is 0 Å². The minimum absolute atomic E-state index is 0.0695. The molecule has 2 rings (SSSR count). The van der Waals surface area contributed by atoms with Gasteiger partial charge in [-0.1, -0.05) is 56.3 Å². The van der Waals surface area contributed by atoms with Crippen molar-refractivity contribution in [2.75, 3.05) is 19.6 Å². The number of amides is 2. The van der Waals surface area contributed by atoms with Gasteiger partial charge in [-0.05, 0) is 37.1 Å². The van der Waals surface area contributed by atoms with Gasteiger partial charge in [0.25, 0.3) is 0 Å². The van der Waals surface area contributed by atoms with E-state index in [2.05, 4.69) is 22.5 Å². The fourth-order valence-corrected chi connectivity index (χ4v) is 3.40. The standard InChI is InChI=1S/C23H33N3O2/c1-3-15-26(22(27)14-11-18-25-16-9-6-10-17-25)21(4-2)23(28)24-19-20-12-7-5-8-13-20/h5-10,12-13,16,21H,3-4,11,14-15,17-19H2,1-2H3,(H,24,28). The van der Waals surface area contributed by atoms with Crippen molar-refractivity contribution in [3.8, 4) is 0 Å². The Morgan fingerprint density at radius 1 is 1.18 bits per heavy atom. The molecule has 1 heterocycles. The van der Waals surface area contributed by atoms with Gasteiger partial charge >= 0.3 is 0 Å². The van der Waals surface area contributed by atoms with Gasteiger partial charge in [0.1, 0.15) is 6.04 Å². The van der Waals surface area contributed by atoms with Crippen LogP contribution in [0.15, 0.2) is 54.8 Å². The average molecular weight is 384 g/mol. The van der Waals surface area contributed by atoms with Crippen molar-refractivity contribution in [1.29, 1.82) is 0 Å². The predicted molar refractivity (Wildman–Crippen MR) is 113 cm³/mol. The summed E-state index contributed by atoms with van der Waals surface area (Å²) in [6.45, 7) is 6.85. The number of nitrogens with zero attached hydrogens (tertiary/aromatic N) is 2. The summed E-state index contributed by atoms with van der Waals surface area (Å²) in [5, 5.41) is 2.99. The summed E-state index contributed by atoms with van der Waals surface area (Å²) in [4.78, 5) is 29.6. The summed E-state index contributed by atoms with van der Waals surface area (Å²) in [5.74, 6) is -0.00246. The molecule has 0 fully saturated rings. The average Bonchev–Trinajstić information content (AvgIpc) is 2.73. The molecular formula is C23H33N3O2. The van der Waals surface area contributed by atoms with Crippen LogP contribution in [0.2, 0.25) is 0 Å². The smallest absolute Gasteiger partial charge is 0.243 e. The molecule has 0 bridgehead atoms. The highest BCUT2D eigenvalue weighted by Gasteiger charge is 2.27. The molecule has 0 radical (unpaired) electrons. The number of benzene rings is 1. The van der Waals surface area contributed by atoms with Crippen LogP contribution in [0.3, 0.4) is 0 Å². The fourth-order valence-electron chi connectivity index (χ4n) is 3.40. The molecule has 1 aliphatic heterocycles. The maximum absolute atomic E-state index is 12.8. The summed E-state index contributed by atoms with van der Waals surface area (Å²) in [6, 6.07) is 9.44. The molecule has 0 saturated carbocycles. The second-order valence-corrected chi connectivity index (χ2v) is 7.08. The number of carbonyl (C=O) groups excluding carboxylic acids is 2. The van der Waals surface area contributed by atoms with Gasteiger partial charge in [0.15, 0.2) is 0 Å². The second-order valence-electron chi connectivity index (χ2n) is 7.08. The first-order valence-corrected chi connectivity index (χ1v) is 10.3. The van der Waals surface area contributed by atoms with Gasteiger partial charge in [-0.2, -0.15) is 0 Å². The van der Waals surface area contributed by atoms with Crippen LogP contribution in [0.5, 0.6) is 0 Å². The molecule has 1 atom stereocenters. The van der Waals surface area contributed by atoms with Crippen molar-refractivity contribution in [3.63, 3.8) is 0 Å². The Hall–Kier alpha value is -2.56. The molecule has 0 aliphatic carbocycles. The first kappa shape index (κ1) is 21.7. The third-order valence-electron chi connectivity index (χ3n) is 4.88. The Bertz CT molecular complexity index is 670. The van der Waals surface area contributed by atoms with Gasteiger partial charge in [-0.25, -0.2) is 0 Å². The maximum atomic E-state index is 12.8. The topological polar surface area (TPSA) is 52.7 Å². The number of hydrogen-bond acceptors (Lipinski definition) is 3. The first-order chi connectivity index (χ1) is 13.7. The largest absolute Gasteiger partial charge is 0.374 e. The monoisotopic (exact) mass is 383 g/mol. The molecule has 2 amide bonds. The molecule has 0 saturated heterocycles. The number of carbonyl (C=O) groups is 2. The highest BCUT2D eigenvalue weighted by molar-refractivity contribution is 5.87. The van der Waals surface area contributed by atoms with Crippen LogP contribution in [0.25, 0.3) is 0 Å². The summed E-state index contributed by atoms with van der Waals surface area (Å²) in [7, 11) is 0. The van der Waals surface area contributed by atoms with E-state index >= 15 is 0 Å². The zero-order valence-corrected chi connectivity index (χ0v) is 17.1. The third-order valence-corrected chi connectivity index (χ3v) is 4.88. The highest BCUT2D eigenvalue weighted by atomic mass is 16.2. The fraction of sp³-hybridized carbons (Fsp3) is 0.478. The van der Waals surface area contributed by atoms with Gasteiger partial charge < -0.3 is 15.1 Å². The number of allylic oxidation sites excluding steroid dienone is 2. The van der Waals surface area contributed by atoms with Crippen molar-refractivity contribution in [3.05, 3.63) is 60.3 Å². The molecule has 5 heteroatoms. The van der Waals surface area contributed by atoms with Crippen molar-refractivity contribution >= 4 is 11.8 Å². The quantitative estimate of drug-likeness (QED) is 0.636. The van der Waals surface area contributed by atoms with Crippen LogP contribution in [-0.4, -0.2) is 47.3 Å². The zero-order chi connectivity index (χ0) is 20.2. The molecule has 0 aromatic heterocycles. The lowest BCUT2D eigenvalue weighted by molar-refractivity contribution is -0.140. The Morgan fingerprint density at radius 3 is 2.61 bits per heavy atom. The van der Waals surface area contributed by atoms with Crippen LogP contribution in [0.1, 0.15) is 45.1 Å². The third kappa shape index (κ3) is 6.87. The molecule has 1 unspecified atom stereocenters. The Balaban J connectivity index is 1.88. The van der Waals surface area contributed by atoms with Crippen LogP contribution in [0.4, 0.5) is 0 Å². The van der Waals surface area contributed by atoms with Crippen molar-refractivity contribution in [2.24, 2.45) is 0 Å². The molecule has 152 valence electrons. The van der Waals surface area contributed by atoms with Crippen LogP contribution >= 0.6 is 0 Å². The SMILES string of the molecule is CCCN(C(=O)CCCN1C=CC=CC1)C(CC)C(=O)NCc1ccccc1. The van der Waals surface area contributed by atoms with E-state index in [1.54, 1.807) is 4.90 Å². The number of nitrogens with one attached hydrogen (secondary N) is 1. The first-order valence-electron chi connectivity index (χ1n) is 10.3. The van der Waals surface area contributed by atoms with Crippen molar-refractivity contribution < 1.29 is 9.59 Å². The van der Waals surface area contributed by atoms with Gasteiger partial charge in [0.05, 0.1) is 0 Å². The minimum Gasteiger partial charge on any atom is -0.374 e. The minimum atomic E-state index is -0.408. The van der Waals surface area contributed by atoms with E-state index in [1.807, 2.05) is 56.3 Å². The molecule has 0 spiro atoms. The molecule has 1 aromatic carbocycles. The summed E-state index contributed by atoms with van der Waals surface area (Å²) in [5.41, 5.74) is 1.06. The van der Waals surface area contributed by atoms with E-state index in [-0.39, 0.29) is 11.8 Å². The van der Waals surface area contributed by atoms with Gasteiger partial charge in [0.2, 0.25) is 11.8 Å². The van der Waals surface area contributed by atoms with Gasteiger partial charge in [0, 0.05) is 32.6 Å². The number of rotatable bonds is 11. The normalized spacial score (nSPS) is 14.0. The second kappa shape index (κ2) is 12.0. The van der Waals surface area contributed by atoms with E-state index in [4.69, 9.17) is 0 Å². The number of hydrogen-bond donors (Lipinski definition) is 1. The van der Waals surface area contributed by atoms with Crippen LogP contribution in [-0.2, 0) is 16.1 Å². The van der Waals surface area contributed by atoms with Crippen molar-refractivity contribution in [1.82, 2.24) is 15.1 Å². The van der Waals surface area contributed by atoms with E-state index < -0.39 is 6.04 Å². The Labute approximate surface area is 169 Å². The lowest BCUT2D eigenvalue weighted by Crippen LogP contribution is -2.49. The predicted octanol–water partition coefficient (Wildman–Crippen LogP) is 3.49.